The van der Waals surface area contributed by atoms with Crippen molar-refractivity contribution in [2.45, 2.75) is 45.6 Å². The van der Waals surface area contributed by atoms with Gasteiger partial charge in [0.15, 0.2) is 0 Å². The topological polar surface area (TPSA) is 78.4 Å². The number of carbonyl (C=O) groups is 2. The number of hydrogen-bond donors (Lipinski definition) is 3. The minimum atomic E-state index is -0.0951. The van der Waals surface area contributed by atoms with Crippen molar-refractivity contribution in [1.29, 1.82) is 0 Å². The Morgan fingerprint density at radius 1 is 1.10 bits per heavy atom. The second-order valence-electron chi connectivity index (χ2n) is 5.29. The highest BCUT2D eigenvalue weighted by Gasteiger charge is 2.06. The Bertz CT molecular complexity index is 455. The average molecular weight is 292 g/mol. The van der Waals surface area contributed by atoms with Crippen LogP contribution in [0, 0.1) is 0 Å². The van der Waals surface area contributed by atoms with Crippen LogP contribution in [0.25, 0.3) is 0 Å². The van der Waals surface area contributed by atoms with Crippen LogP contribution in [0.3, 0.4) is 0 Å². The highest BCUT2D eigenvalue weighted by Crippen LogP contribution is 2.11. The zero-order chi connectivity index (χ0) is 15.7. The molecular formula is C16H24N2O3. The van der Waals surface area contributed by atoms with E-state index in [1.54, 1.807) is 0 Å². The highest BCUT2D eigenvalue weighted by molar-refractivity contribution is 5.91. The largest absolute Gasteiger partial charge is 0.396 e. The fraction of sp³-hybridized carbons (Fsp3) is 0.500. The van der Waals surface area contributed by atoms with E-state index < -0.39 is 0 Å². The van der Waals surface area contributed by atoms with Gasteiger partial charge in [-0.2, -0.15) is 0 Å². The third kappa shape index (κ3) is 7.46. The Labute approximate surface area is 125 Å². The summed E-state index contributed by atoms with van der Waals surface area (Å²) in [5.41, 5.74) is 1.76. The molecule has 1 aromatic rings. The fourth-order valence-corrected chi connectivity index (χ4v) is 1.91. The van der Waals surface area contributed by atoms with Crippen molar-refractivity contribution in [2.75, 3.05) is 11.9 Å². The Kier molecular flexibility index (Phi) is 7.46. The molecule has 0 radical (unpaired) electrons. The lowest BCUT2D eigenvalue weighted by Crippen LogP contribution is -2.30. The third-order valence-electron chi connectivity index (χ3n) is 2.90. The predicted octanol–water partition coefficient (Wildman–Crippen LogP) is 1.85. The maximum Gasteiger partial charge on any atom is 0.224 e. The first-order chi connectivity index (χ1) is 10.0. The quantitative estimate of drug-likeness (QED) is 0.684. The van der Waals surface area contributed by atoms with Crippen molar-refractivity contribution in [1.82, 2.24) is 5.32 Å². The molecule has 0 saturated heterocycles. The van der Waals surface area contributed by atoms with E-state index in [1.807, 2.05) is 38.1 Å². The van der Waals surface area contributed by atoms with Gasteiger partial charge in [0.2, 0.25) is 11.8 Å². The van der Waals surface area contributed by atoms with Crippen LogP contribution in [0.2, 0.25) is 0 Å². The maximum atomic E-state index is 11.7. The first kappa shape index (κ1) is 17.2. The lowest BCUT2D eigenvalue weighted by atomic mass is 10.1. The lowest BCUT2D eigenvalue weighted by molar-refractivity contribution is -0.121. The van der Waals surface area contributed by atoms with Gasteiger partial charge in [-0.05, 0) is 44.4 Å². The zero-order valence-electron chi connectivity index (χ0n) is 12.7. The van der Waals surface area contributed by atoms with Gasteiger partial charge in [0, 0.05) is 31.2 Å². The first-order valence-electron chi connectivity index (χ1n) is 7.30. The van der Waals surface area contributed by atoms with Crippen molar-refractivity contribution in [3.05, 3.63) is 29.8 Å². The molecule has 0 aromatic heterocycles. The van der Waals surface area contributed by atoms with Gasteiger partial charge in [0.25, 0.3) is 0 Å². The van der Waals surface area contributed by atoms with Crippen molar-refractivity contribution >= 4 is 17.5 Å². The van der Waals surface area contributed by atoms with Crippen LogP contribution < -0.4 is 10.6 Å². The molecule has 0 aliphatic rings. The smallest absolute Gasteiger partial charge is 0.224 e. The van der Waals surface area contributed by atoms with Gasteiger partial charge in [0.05, 0.1) is 0 Å². The van der Waals surface area contributed by atoms with E-state index in [1.165, 1.54) is 0 Å². The number of hydrogen-bond acceptors (Lipinski definition) is 3. The number of carbonyl (C=O) groups excluding carboxylic acids is 2. The fourth-order valence-electron chi connectivity index (χ4n) is 1.91. The molecular weight excluding hydrogens is 268 g/mol. The number of aliphatic hydroxyl groups is 1. The molecule has 3 N–H and O–H groups in total. The molecule has 0 heterocycles. The summed E-state index contributed by atoms with van der Waals surface area (Å²) in [6.45, 7) is 3.93. The Balaban J connectivity index is 2.28. The summed E-state index contributed by atoms with van der Waals surface area (Å²) in [5.74, 6) is -0.117. The monoisotopic (exact) mass is 292 g/mol. The van der Waals surface area contributed by atoms with E-state index in [9.17, 15) is 9.59 Å². The van der Waals surface area contributed by atoms with Crippen LogP contribution in [-0.4, -0.2) is 29.6 Å². The molecule has 0 bridgehead atoms. The summed E-state index contributed by atoms with van der Waals surface area (Å²) in [4.78, 5) is 23.2. The number of anilines is 1. The highest BCUT2D eigenvalue weighted by atomic mass is 16.3. The summed E-state index contributed by atoms with van der Waals surface area (Å²) >= 11 is 0. The predicted molar refractivity (Wildman–Crippen MR) is 83.0 cm³/mol. The maximum absolute atomic E-state index is 11.7. The molecule has 2 amide bonds. The molecule has 0 unspecified atom stereocenters. The van der Waals surface area contributed by atoms with Gasteiger partial charge >= 0.3 is 0 Å². The van der Waals surface area contributed by atoms with Crippen LogP contribution in [0.15, 0.2) is 24.3 Å². The minimum absolute atomic E-state index is 0.0221. The van der Waals surface area contributed by atoms with E-state index in [0.717, 1.165) is 11.3 Å². The van der Waals surface area contributed by atoms with Crippen LogP contribution in [0.1, 0.15) is 38.7 Å². The molecule has 0 spiro atoms. The number of benzene rings is 1. The van der Waals surface area contributed by atoms with Gasteiger partial charge < -0.3 is 15.7 Å². The average Bonchev–Trinajstić information content (AvgIpc) is 2.40. The first-order valence-corrected chi connectivity index (χ1v) is 7.30. The van der Waals surface area contributed by atoms with Gasteiger partial charge in [-0.25, -0.2) is 0 Å². The summed E-state index contributed by atoms with van der Waals surface area (Å²) in [6, 6.07) is 7.51. The van der Waals surface area contributed by atoms with E-state index in [-0.39, 0.29) is 24.5 Å². The normalized spacial score (nSPS) is 10.5. The molecule has 1 rings (SSSR count). The second-order valence-corrected chi connectivity index (χ2v) is 5.29. The molecule has 0 aliphatic carbocycles. The molecule has 1 aromatic carbocycles. The van der Waals surface area contributed by atoms with Gasteiger partial charge in [0.1, 0.15) is 0 Å². The summed E-state index contributed by atoms with van der Waals surface area (Å²) < 4.78 is 0. The lowest BCUT2D eigenvalue weighted by Gasteiger charge is -2.08. The van der Waals surface area contributed by atoms with E-state index in [2.05, 4.69) is 10.6 Å². The van der Waals surface area contributed by atoms with Crippen molar-refractivity contribution in [2.24, 2.45) is 0 Å². The van der Waals surface area contributed by atoms with Crippen molar-refractivity contribution in [3.8, 4) is 0 Å². The molecule has 0 atom stereocenters. The van der Waals surface area contributed by atoms with E-state index in [0.29, 0.717) is 25.7 Å². The van der Waals surface area contributed by atoms with Crippen LogP contribution in [0.4, 0.5) is 5.69 Å². The van der Waals surface area contributed by atoms with Gasteiger partial charge in [-0.3, -0.25) is 9.59 Å². The zero-order valence-corrected chi connectivity index (χ0v) is 12.7. The number of amides is 2. The van der Waals surface area contributed by atoms with E-state index >= 15 is 0 Å². The molecule has 116 valence electrons. The van der Waals surface area contributed by atoms with Crippen LogP contribution in [0.5, 0.6) is 0 Å². The molecule has 0 aliphatic heterocycles. The van der Waals surface area contributed by atoms with Crippen LogP contribution in [-0.2, 0) is 16.0 Å². The summed E-state index contributed by atoms with van der Waals surface area (Å²) in [6.07, 6.45) is 1.83. The molecule has 0 fully saturated rings. The number of rotatable bonds is 8. The Hall–Kier alpha value is -1.88. The number of nitrogens with one attached hydrogen (secondary N) is 2. The second kappa shape index (κ2) is 9.13. The van der Waals surface area contributed by atoms with Crippen molar-refractivity contribution < 1.29 is 14.7 Å². The minimum Gasteiger partial charge on any atom is -0.396 e. The third-order valence-corrected chi connectivity index (χ3v) is 2.90. The summed E-state index contributed by atoms with van der Waals surface area (Å²) in [7, 11) is 0. The molecule has 0 saturated carbocycles. The number of aliphatic hydroxyl groups excluding tert-OH is 1. The van der Waals surface area contributed by atoms with Gasteiger partial charge in [-0.15, -0.1) is 0 Å². The summed E-state index contributed by atoms with van der Waals surface area (Å²) in [5, 5.41) is 14.4. The molecule has 5 nitrogen and oxygen atoms in total. The standard InChI is InChI=1S/C16H24N2O3/c1-12(2)17-15(20)4-3-5-16(21)18-14-8-6-13(7-9-14)10-11-19/h6-9,12,19H,3-5,10-11H2,1-2H3,(H,17,20)(H,18,21). The SMILES string of the molecule is CC(C)NC(=O)CCCC(=O)Nc1ccc(CCO)cc1. The van der Waals surface area contributed by atoms with Gasteiger partial charge in [-0.1, -0.05) is 12.1 Å². The molecule has 5 heteroatoms. The molecule has 21 heavy (non-hydrogen) atoms. The van der Waals surface area contributed by atoms with E-state index in [4.69, 9.17) is 5.11 Å². The van der Waals surface area contributed by atoms with Crippen molar-refractivity contribution in [3.63, 3.8) is 0 Å². The van der Waals surface area contributed by atoms with Crippen LogP contribution >= 0.6 is 0 Å². The Morgan fingerprint density at radius 2 is 1.71 bits per heavy atom. The Morgan fingerprint density at radius 3 is 2.29 bits per heavy atom.